The molecule has 3 aliphatic rings. The topological polar surface area (TPSA) is 74.5 Å². The molecule has 3 aliphatic carbocycles. The van der Waals surface area contributed by atoms with E-state index in [9.17, 15) is 9.90 Å². The Hall–Kier alpha value is -1.92. The van der Waals surface area contributed by atoms with Gasteiger partial charge in [-0.05, 0) is 86.1 Å². The third kappa shape index (κ3) is 3.46. The molecule has 154 valence electrons. The van der Waals surface area contributed by atoms with Crippen LogP contribution >= 0.6 is 11.9 Å². The fourth-order valence-electron chi connectivity index (χ4n) is 5.44. The van der Waals surface area contributed by atoms with Gasteiger partial charge in [0.15, 0.2) is 5.09 Å². The van der Waals surface area contributed by atoms with E-state index in [1.54, 1.807) is 0 Å². The zero-order valence-electron chi connectivity index (χ0n) is 17.1. The quantitative estimate of drug-likeness (QED) is 0.629. The van der Waals surface area contributed by atoms with Crippen LogP contribution in [0.15, 0.2) is 21.6 Å². The van der Waals surface area contributed by atoms with Crippen LogP contribution in [-0.4, -0.2) is 11.1 Å². The number of amides is 2. The Kier molecular flexibility index (Phi) is 4.67. The maximum absolute atomic E-state index is 12.7. The molecule has 0 fully saturated rings. The molecule has 0 saturated heterocycles. The molecule has 5 nitrogen and oxygen atoms in total. The Morgan fingerprint density at radius 1 is 1.17 bits per heavy atom. The van der Waals surface area contributed by atoms with Crippen molar-refractivity contribution in [2.75, 3.05) is 5.32 Å². The van der Waals surface area contributed by atoms with Crippen molar-refractivity contribution in [1.82, 2.24) is 4.72 Å². The van der Waals surface area contributed by atoms with Crippen molar-refractivity contribution in [3.63, 3.8) is 0 Å². The standard InChI is InChI=1S/C23H28N2O3S/c1-13-9-19-18(23(2,27)12-13)11-20(28-19)29-25-22(26)24-21-16-7-3-5-14(16)10-15-6-4-8-17(15)21/h10-11,13,27H,3-9,12H2,1-2H3,(H2,24,25,26). The van der Waals surface area contributed by atoms with Gasteiger partial charge in [0, 0.05) is 29.6 Å². The number of rotatable bonds is 3. The van der Waals surface area contributed by atoms with Gasteiger partial charge in [0.25, 0.3) is 0 Å². The number of furan rings is 1. The van der Waals surface area contributed by atoms with Gasteiger partial charge >= 0.3 is 6.03 Å². The van der Waals surface area contributed by atoms with Gasteiger partial charge in [-0.1, -0.05) is 13.0 Å². The van der Waals surface area contributed by atoms with E-state index in [0.717, 1.165) is 55.5 Å². The van der Waals surface area contributed by atoms with Gasteiger partial charge < -0.3 is 14.8 Å². The number of anilines is 1. The maximum atomic E-state index is 12.7. The van der Waals surface area contributed by atoms with Crippen LogP contribution in [0.1, 0.15) is 66.7 Å². The fraction of sp³-hybridized carbons (Fsp3) is 0.522. The molecule has 29 heavy (non-hydrogen) atoms. The van der Waals surface area contributed by atoms with Crippen LogP contribution in [0.4, 0.5) is 10.5 Å². The van der Waals surface area contributed by atoms with Crippen LogP contribution in [0.5, 0.6) is 0 Å². The second kappa shape index (κ2) is 7.10. The molecule has 0 saturated carbocycles. The van der Waals surface area contributed by atoms with Gasteiger partial charge in [0.2, 0.25) is 0 Å². The lowest BCUT2D eigenvalue weighted by Crippen LogP contribution is -2.29. The van der Waals surface area contributed by atoms with Crippen molar-refractivity contribution in [1.29, 1.82) is 0 Å². The monoisotopic (exact) mass is 412 g/mol. The highest BCUT2D eigenvalue weighted by atomic mass is 32.2. The maximum Gasteiger partial charge on any atom is 0.329 e. The summed E-state index contributed by atoms with van der Waals surface area (Å²) in [6.07, 6.45) is 8.20. The van der Waals surface area contributed by atoms with Crippen molar-refractivity contribution in [2.24, 2.45) is 5.92 Å². The number of carbonyl (C=O) groups is 1. The second-order valence-corrected chi connectivity index (χ2v) is 9.89. The van der Waals surface area contributed by atoms with Crippen LogP contribution in [-0.2, 0) is 37.7 Å². The summed E-state index contributed by atoms with van der Waals surface area (Å²) in [5.74, 6) is 1.21. The molecule has 0 bridgehead atoms. The Labute approximate surface area is 175 Å². The van der Waals surface area contributed by atoms with Gasteiger partial charge in [-0.25, -0.2) is 4.79 Å². The summed E-state index contributed by atoms with van der Waals surface area (Å²) in [5, 5.41) is 14.4. The molecule has 1 aromatic heterocycles. The lowest BCUT2D eigenvalue weighted by molar-refractivity contribution is 0.0204. The van der Waals surface area contributed by atoms with Crippen LogP contribution in [0.25, 0.3) is 0 Å². The van der Waals surface area contributed by atoms with Crippen LogP contribution < -0.4 is 10.0 Å². The van der Waals surface area contributed by atoms with E-state index >= 15 is 0 Å². The average Bonchev–Trinajstić information content (AvgIpc) is 3.37. The van der Waals surface area contributed by atoms with E-state index in [0.29, 0.717) is 11.0 Å². The summed E-state index contributed by atoms with van der Waals surface area (Å²) in [4.78, 5) is 12.7. The molecule has 2 amide bonds. The van der Waals surface area contributed by atoms with Gasteiger partial charge in [-0.2, -0.15) is 0 Å². The third-order valence-electron chi connectivity index (χ3n) is 6.60. The molecule has 0 aliphatic heterocycles. The Morgan fingerprint density at radius 3 is 2.55 bits per heavy atom. The molecule has 6 heteroatoms. The smallest absolute Gasteiger partial charge is 0.329 e. The van der Waals surface area contributed by atoms with Crippen LogP contribution in [0.2, 0.25) is 0 Å². The van der Waals surface area contributed by atoms with E-state index in [1.807, 2.05) is 13.0 Å². The largest absolute Gasteiger partial charge is 0.453 e. The van der Waals surface area contributed by atoms with Crippen molar-refractivity contribution in [3.8, 4) is 0 Å². The number of urea groups is 1. The first-order valence-electron chi connectivity index (χ1n) is 10.7. The Bertz CT molecular complexity index is 947. The zero-order valence-corrected chi connectivity index (χ0v) is 17.9. The lowest BCUT2D eigenvalue weighted by atomic mass is 9.79. The number of fused-ring (bicyclic) bond motifs is 3. The van der Waals surface area contributed by atoms with E-state index in [2.05, 4.69) is 23.0 Å². The van der Waals surface area contributed by atoms with Crippen molar-refractivity contribution >= 4 is 23.7 Å². The van der Waals surface area contributed by atoms with E-state index in [-0.39, 0.29) is 6.03 Å². The highest BCUT2D eigenvalue weighted by Gasteiger charge is 2.36. The summed E-state index contributed by atoms with van der Waals surface area (Å²) in [6.45, 7) is 3.96. The Balaban J connectivity index is 1.30. The van der Waals surface area contributed by atoms with Gasteiger partial charge in [0.1, 0.15) is 5.76 Å². The number of aliphatic hydroxyl groups is 1. The van der Waals surface area contributed by atoms with Crippen molar-refractivity contribution in [2.45, 2.75) is 75.9 Å². The first kappa shape index (κ1) is 19.1. The first-order valence-corrected chi connectivity index (χ1v) is 11.5. The predicted molar refractivity (Wildman–Crippen MR) is 114 cm³/mol. The molecule has 2 aromatic rings. The third-order valence-corrected chi connectivity index (χ3v) is 7.29. The van der Waals surface area contributed by atoms with E-state index in [4.69, 9.17) is 4.42 Å². The molecule has 1 heterocycles. The van der Waals surface area contributed by atoms with Crippen LogP contribution in [0, 0.1) is 5.92 Å². The number of carbonyl (C=O) groups excluding carboxylic acids is 1. The minimum atomic E-state index is -0.872. The lowest BCUT2D eigenvalue weighted by Gasteiger charge is -2.31. The predicted octanol–water partition coefficient (Wildman–Crippen LogP) is 4.88. The minimum absolute atomic E-state index is 0.223. The Morgan fingerprint density at radius 2 is 1.86 bits per heavy atom. The highest BCUT2D eigenvalue weighted by molar-refractivity contribution is 7.97. The second-order valence-electron chi connectivity index (χ2n) is 9.08. The normalized spacial score (nSPS) is 24.7. The molecule has 2 atom stereocenters. The molecule has 1 aromatic carbocycles. The summed E-state index contributed by atoms with van der Waals surface area (Å²) in [6, 6.07) is 4.01. The van der Waals surface area contributed by atoms with Crippen LogP contribution in [0.3, 0.4) is 0 Å². The zero-order chi connectivity index (χ0) is 20.2. The summed E-state index contributed by atoms with van der Waals surface area (Å²) >= 11 is 1.17. The summed E-state index contributed by atoms with van der Waals surface area (Å²) in [7, 11) is 0. The highest BCUT2D eigenvalue weighted by Crippen LogP contribution is 2.41. The molecule has 3 N–H and O–H groups in total. The number of nitrogens with one attached hydrogen (secondary N) is 2. The number of hydrogen-bond donors (Lipinski definition) is 3. The number of benzene rings is 1. The molecule has 0 radical (unpaired) electrons. The van der Waals surface area contributed by atoms with Crippen molar-refractivity contribution < 1.29 is 14.3 Å². The average molecular weight is 413 g/mol. The van der Waals surface area contributed by atoms with Gasteiger partial charge in [-0.3, -0.25) is 4.72 Å². The molecule has 2 unspecified atom stereocenters. The molecule has 0 spiro atoms. The van der Waals surface area contributed by atoms with Crippen molar-refractivity contribution in [3.05, 3.63) is 45.7 Å². The SMILES string of the molecule is CC1Cc2oc(SNC(=O)Nc3c4c(cc5c3CCC5)CCC4)cc2C(C)(O)C1. The minimum Gasteiger partial charge on any atom is -0.453 e. The van der Waals surface area contributed by atoms with Gasteiger partial charge in [-0.15, -0.1) is 0 Å². The summed E-state index contributed by atoms with van der Waals surface area (Å²) in [5.41, 5.74) is 6.48. The fourth-order valence-corrected chi connectivity index (χ4v) is 6.01. The van der Waals surface area contributed by atoms with Gasteiger partial charge in [0.05, 0.1) is 5.60 Å². The molecular formula is C23H28N2O3S. The summed E-state index contributed by atoms with van der Waals surface area (Å²) < 4.78 is 8.79. The first-order chi connectivity index (χ1) is 13.9. The number of hydrogen-bond acceptors (Lipinski definition) is 4. The molecule has 5 rings (SSSR count). The van der Waals surface area contributed by atoms with E-state index in [1.165, 1.54) is 47.0 Å². The molecular weight excluding hydrogens is 384 g/mol. The number of aryl methyl sites for hydroxylation is 2. The van der Waals surface area contributed by atoms with E-state index < -0.39 is 5.60 Å².